The third-order valence-corrected chi connectivity index (χ3v) is 1.52. The van der Waals surface area contributed by atoms with E-state index in [1.54, 1.807) is 0 Å². The Morgan fingerprint density at radius 2 is 1.90 bits per heavy atom. The Labute approximate surface area is 64.1 Å². The van der Waals surface area contributed by atoms with Crippen LogP contribution in [0.4, 0.5) is 0 Å². The molecule has 0 N–H and O–H groups in total. The lowest BCUT2D eigenvalue weighted by Crippen LogP contribution is -2.13. The van der Waals surface area contributed by atoms with Gasteiger partial charge in [0.1, 0.15) is 0 Å². The van der Waals surface area contributed by atoms with Crippen molar-refractivity contribution < 1.29 is 0 Å². The van der Waals surface area contributed by atoms with Gasteiger partial charge in [-0.2, -0.15) is 5.26 Å². The number of nitriles is 1. The summed E-state index contributed by atoms with van der Waals surface area (Å²) < 4.78 is 0. The second kappa shape index (κ2) is 3.61. The van der Waals surface area contributed by atoms with Crippen LogP contribution in [0.1, 0.15) is 40.5 Å². The molecule has 0 aromatic carbocycles. The lowest BCUT2D eigenvalue weighted by atomic mass is 9.82. The molecule has 0 aromatic rings. The Hall–Kier alpha value is -0.510. The Kier molecular flexibility index (Phi) is 3.42. The Morgan fingerprint density at radius 3 is 2.20 bits per heavy atom. The monoisotopic (exact) mass is 139 g/mol. The van der Waals surface area contributed by atoms with Crippen LogP contribution in [0.3, 0.4) is 0 Å². The van der Waals surface area contributed by atoms with Gasteiger partial charge in [0.15, 0.2) is 0 Å². The zero-order valence-electron chi connectivity index (χ0n) is 7.44. The zero-order chi connectivity index (χ0) is 8.20. The van der Waals surface area contributed by atoms with Crippen molar-refractivity contribution in [3.05, 3.63) is 0 Å². The molecule has 0 aliphatic carbocycles. The van der Waals surface area contributed by atoms with Crippen LogP contribution in [0, 0.1) is 22.7 Å². The molecule has 0 saturated heterocycles. The van der Waals surface area contributed by atoms with E-state index in [0.717, 1.165) is 6.42 Å². The average Bonchev–Trinajstić information content (AvgIpc) is 1.59. The van der Waals surface area contributed by atoms with Gasteiger partial charge >= 0.3 is 0 Å². The molecule has 0 bridgehead atoms. The molecule has 0 rings (SSSR count). The van der Waals surface area contributed by atoms with Gasteiger partial charge in [-0.1, -0.05) is 27.7 Å². The third kappa shape index (κ3) is 4.38. The van der Waals surface area contributed by atoms with Gasteiger partial charge < -0.3 is 0 Å². The molecule has 0 heterocycles. The molecule has 1 heteroatoms. The highest BCUT2D eigenvalue weighted by Gasteiger charge is 2.18. The first-order chi connectivity index (χ1) is 4.48. The molecule has 1 nitrogen and oxygen atoms in total. The van der Waals surface area contributed by atoms with Crippen molar-refractivity contribution in [1.29, 1.82) is 5.26 Å². The molecule has 0 aliphatic heterocycles. The van der Waals surface area contributed by atoms with Crippen molar-refractivity contribution in [2.24, 2.45) is 11.3 Å². The summed E-state index contributed by atoms with van der Waals surface area (Å²) in [7, 11) is 0. The van der Waals surface area contributed by atoms with E-state index in [4.69, 9.17) is 5.26 Å². The Bertz CT molecular complexity index is 128. The molecule has 0 atom stereocenters. The van der Waals surface area contributed by atoms with Crippen molar-refractivity contribution in [3.8, 4) is 6.07 Å². The fourth-order valence-electron chi connectivity index (χ4n) is 1.39. The normalized spacial score (nSPS) is 11.6. The van der Waals surface area contributed by atoms with Crippen LogP contribution in [0.5, 0.6) is 0 Å². The molecule has 0 fully saturated rings. The fourth-order valence-corrected chi connectivity index (χ4v) is 1.39. The molecule has 0 spiro atoms. The maximum absolute atomic E-state index is 8.46. The molecular weight excluding hydrogens is 122 g/mol. The summed E-state index contributed by atoms with van der Waals surface area (Å²) >= 11 is 0. The highest BCUT2D eigenvalue weighted by Crippen LogP contribution is 2.28. The number of nitrogens with zero attached hydrogens (tertiary/aromatic N) is 1. The third-order valence-electron chi connectivity index (χ3n) is 1.52. The van der Waals surface area contributed by atoms with Gasteiger partial charge in [0, 0.05) is 6.42 Å². The average molecular weight is 139 g/mol. The molecule has 0 saturated carbocycles. The van der Waals surface area contributed by atoms with E-state index in [2.05, 4.69) is 33.8 Å². The minimum atomic E-state index is 0.211. The van der Waals surface area contributed by atoms with Crippen LogP contribution in [0.15, 0.2) is 0 Å². The highest BCUT2D eigenvalue weighted by molar-refractivity contribution is 4.82. The molecule has 0 radical (unpaired) electrons. The van der Waals surface area contributed by atoms with Gasteiger partial charge in [0.2, 0.25) is 0 Å². The minimum Gasteiger partial charge on any atom is -0.198 e. The molecule has 0 amide bonds. The van der Waals surface area contributed by atoms with Crippen LogP contribution in [-0.2, 0) is 0 Å². The fraction of sp³-hybridized carbons (Fsp3) is 0.889. The summed E-state index contributed by atoms with van der Waals surface area (Å²) in [5.74, 6) is 0.698. The molecule has 10 heavy (non-hydrogen) atoms. The Morgan fingerprint density at radius 1 is 1.40 bits per heavy atom. The van der Waals surface area contributed by atoms with E-state index in [1.807, 2.05) is 0 Å². The first-order valence-corrected chi connectivity index (χ1v) is 3.85. The van der Waals surface area contributed by atoms with Crippen LogP contribution in [0.25, 0.3) is 0 Å². The van der Waals surface area contributed by atoms with Gasteiger partial charge in [-0.25, -0.2) is 0 Å². The summed E-state index contributed by atoms with van der Waals surface area (Å²) in [5, 5.41) is 8.46. The van der Waals surface area contributed by atoms with E-state index in [0.29, 0.717) is 12.3 Å². The summed E-state index contributed by atoms with van der Waals surface area (Å²) in [5.41, 5.74) is 0.211. The Balaban J connectivity index is 3.77. The van der Waals surface area contributed by atoms with Gasteiger partial charge in [0.25, 0.3) is 0 Å². The summed E-state index contributed by atoms with van der Waals surface area (Å²) in [6.07, 6.45) is 1.81. The maximum Gasteiger partial charge on any atom is 0.0627 e. The van der Waals surface area contributed by atoms with Gasteiger partial charge in [-0.3, -0.25) is 0 Å². The molecular formula is C9H17N. The first kappa shape index (κ1) is 9.49. The summed E-state index contributed by atoms with van der Waals surface area (Å²) in [4.78, 5) is 0. The van der Waals surface area contributed by atoms with E-state index >= 15 is 0 Å². The summed E-state index contributed by atoms with van der Waals surface area (Å²) in [6.45, 7) is 8.69. The lowest BCUT2D eigenvalue weighted by molar-refractivity contribution is 0.294. The standard InChI is InChI=1S/C9H17N/c1-8(2)7-9(3,4)5-6-10/h8H,5,7H2,1-4H3. The first-order valence-electron chi connectivity index (χ1n) is 3.85. The predicted molar refractivity (Wildman–Crippen MR) is 43.5 cm³/mol. The molecule has 0 aromatic heterocycles. The van der Waals surface area contributed by atoms with Gasteiger partial charge in [-0.05, 0) is 17.8 Å². The molecule has 0 aliphatic rings. The second-order valence-corrected chi connectivity index (χ2v) is 4.10. The van der Waals surface area contributed by atoms with Crippen LogP contribution >= 0.6 is 0 Å². The van der Waals surface area contributed by atoms with Crippen molar-refractivity contribution in [1.82, 2.24) is 0 Å². The van der Waals surface area contributed by atoms with Crippen molar-refractivity contribution in [2.45, 2.75) is 40.5 Å². The smallest absolute Gasteiger partial charge is 0.0627 e. The highest BCUT2D eigenvalue weighted by atomic mass is 14.3. The van der Waals surface area contributed by atoms with Crippen molar-refractivity contribution in [3.63, 3.8) is 0 Å². The van der Waals surface area contributed by atoms with Crippen LogP contribution in [0.2, 0.25) is 0 Å². The molecule has 0 unspecified atom stereocenters. The molecule has 58 valence electrons. The second-order valence-electron chi connectivity index (χ2n) is 4.10. The number of hydrogen-bond donors (Lipinski definition) is 0. The predicted octanol–water partition coefficient (Wildman–Crippen LogP) is 2.97. The van der Waals surface area contributed by atoms with Crippen molar-refractivity contribution in [2.75, 3.05) is 0 Å². The van der Waals surface area contributed by atoms with E-state index in [9.17, 15) is 0 Å². The summed E-state index contributed by atoms with van der Waals surface area (Å²) in [6, 6.07) is 2.21. The maximum atomic E-state index is 8.46. The van der Waals surface area contributed by atoms with E-state index in [-0.39, 0.29) is 5.41 Å². The number of hydrogen-bond acceptors (Lipinski definition) is 1. The topological polar surface area (TPSA) is 23.8 Å². The van der Waals surface area contributed by atoms with Crippen LogP contribution in [-0.4, -0.2) is 0 Å². The minimum absolute atomic E-state index is 0.211. The quantitative estimate of drug-likeness (QED) is 0.589. The lowest BCUT2D eigenvalue weighted by Gasteiger charge is -2.22. The zero-order valence-corrected chi connectivity index (χ0v) is 7.44. The van der Waals surface area contributed by atoms with Crippen LogP contribution < -0.4 is 0 Å². The van der Waals surface area contributed by atoms with Crippen molar-refractivity contribution >= 4 is 0 Å². The van der Waals surface area contributed by atoms with Gasteiger partial charge in [0.05, 0.1) is 6.07 Å². The largest absolute Gasteiger partial charge is 0.198 e. The number of rotatable bonds is 3. The SMILES string of the molecule is CC(C)CC(C)(C)CC#N. The van der Waals surface area contributed by atoms with E-state index in [1.165, 1.54) is 0 Å². The van der Waals surface area contributed by atoms with Gasteiger partial charge in [-0.15, -0.1) is 0 Å². The van der Waals surface area contributed by atoms with E-state index < -0.39 is 0 Å².